The van der Waals surface area contributed by atoms with Gasteiger partial charge in [-0.15, -0.1) is 0 Å². The number of nitrogen functional groups attached to an aromatic ring is 1. The minimum absolute atomic E-state index is 0.436. The minimum atomic E-state index is 0.436. The molecular formula is C16H22N4O2. The van der Waals surface area contributed by atoms with Crippen molar-refractivity contribution in [2.45, 2.75) is 38.1 Å². The van der Waals surface area contributed by atoms with Gasteiger partial charge in [0.2, 0.25) is 5.95 Å². The Morgan fingerprint density at radius 2 is 1.73 bits per heavy atom. The van der Waals surface area contributed by atoms with Crippen molar-refractivity contribution < 1.29 is 9.47 Å². The fraction of sp³-hybridized carbons (Fsp3) is 0.500. The van der Waals surface area contributed by atoms with Gasteiger partial charge in [-0.2, -0.15) is 4.98 Å². The SMILES string of the molecule is COc1cc2nc(NC3CCCCC3)nc(N)c2cc1OC. The molecule has 1 aromatic carbocycles. The van der Waals surface area contributed by atoms with Crippen molar-refractivity contribution in [3.05, 3.63) is 12.1 Å². The molecule has 1 fully saturated rings. The van der Waals surface area contributed by atoms with E-state index in [-0.39, 0.29) is 0 Å². The molecule has 0 bridgehead atoms. The van der Waals surface area contributed by atoms with Gasteiger partial charge in [-0.05, 0) is 18.9 Å². The summed E-state index contributed by atoms with van der Waals surface area (Å²) in [6, 6.07) is 4.08. The Hall–Kier alpha value is -2.24. The first-order valence-corrected chi connectivity index (χ1v) is 7.67. The van der Waals surface area contributed by atoms with E-state index >= 15 is 0 Å². The summed E-state index contributed by atoms with van der Waals surface area (Å²) in [6.07, 6.45) is 6.15. The number of methoxy groups -OCH3 is 2. The van der Waals surface area contributed by atoms with Crippen LogP contribution < -0.4 is 20.5 Å². The van der Waals surface area contributed by atoms with Crippen LogP contribution in [0.5, 0.6) is 11.5 Å². The summed E-state index contributed by atoms with van der Waals surface area (Å²) < 4.78 is 10.6. The quantitative estimate of drug-likeness (QED) is 0.903. The van der Waals surface area contributed by atoms with Crippen molar-refractivity contribution in [2.24, 2.45) is 0 Å². The Labute approximate surface area is 130 Å². The summed E-state index contributed by atoms with van der Waals surface area (Å²) in [7, 11) is 3.20. The van der Waals surface area contributed by atoms with Crippen molar-refractivity contribution in [1.82, 2.24) is 9.97 Å². The summed E-state index contributed by atoms with van der Waals surface area (Å²) in [4.78, 5) is 8.96. The van der Waals surface area contributed by atoms with Crippen molar-refractivity contribution in [2.75, 3.05) is 25.3 Å². The van der Waals surface area contributed by atoms with E-state index in [1.54, 1.807) is 14.2 Å². The van der Waals surface area contributed by atoms with Crippen molar-refractivity contribution >= 4 is 22.7 Å². The third-order valence-corrected chi connectivity index (χ3v) is 4.17. The highest BCUT2D eigenvalue weighted by atomic mass is 16.5. The average molecular weight is 302 g/mol. The van der Waals surface area contributed by atoms with E-state index in [4.69, 9.17) is 15.2 Å². The molecule has 2 aromatic rings. The van der Waals surface area contributed by atoms with Crippen LogP contribution in [-0.4, -0.2) is 30.2 Å². The molecule has 118 valence electrons. The first kappa shape index (κ1) is 14.7. The summed E-state index contributed by atoms with van der Waals surface area (Å²) in [6.45, 7) is 0. The molecule has 1 aromatic heterocycles. The lowest BCUT2D eigenvalue weighted by molar-refractivity contribution is 0.356. The van der Waals surface area contributed by atoms with Crippen LogP contribution in [0.1, 0.15) is 32.1 Å². The van der Waals surface area contributed by atoms with Gasteiger partial charge in [0.05, 0.1) is 19.7 Å². The van der Waals surface area contributed by atoms with Crippen LogP contribution in [0, 0.1) is 0 Å². The number of aromatic nitrogens is 2. The van der Waals surface area contributed by atoms with E-state index < -0.39 is 0 Å². The maximum atomic E-state index is 6.09. The van der Waals surface area contributed by atoms with Crippen LogP contribution in [-0.2, 0) is 0 Å². The van der Waals surface area contributed by atoms with Crippen LogP contribution in [0.25, 0.3) is 10.9 Å². The van der Waals surface area contributed by atoms with Crippen LogP contribution in [0.15, 0.2) is 12.1 Å². The van der Waals surface area contributed by atoms with E-state index in [0.717, 1.165) is 23.7 Å². The number of ether oxygens (including phenoxy) is 2. The second-order valence-corrected chi connectivity index (χ2v) is 5.64. The monoisotopic (exact) mass is 302 g/mol. The standard InChI is InChI=1S/C16H22N4O2/c1-21-13-8-11-12(9-14(13)22-2)19-16(20-15(11)17)18-10-6-4-3-5-7-10/h8-10H,3-7H2,1-2H3,(H3,17,18,19,20). The Balaban J connectivity index is 1.96. The molecule has 3 N–H and O–H groups in total. The molecule has 3 rings (SSSR count). The Bertz CT molecular complexity index is 669. The van der Waals surface area contributed by atoms with Gasteiger partial charge in [0.15, 0.2) is 11.5 Å². The van der Waals surface area contributed by atoms with E-state index in [0.29, 0.717) is 29.3 Å². The lowest BCUT2D eigenvalue weighted by Gasteiger charge is -2.23. The van der Waals surface area contributed by atoms with Gasteiger partial charge < -0.3 is 20.5 Å². The fourth-order valence-corrected chi connectivity index (χ4v) is 2.97. The molecule has 6 heteroatoms. The molecule has 1 aliphatic rings. The summed E-state index contributed by atoms with van der Waals surface area (Å²) in [5, 5.41) is 4.18. The zero-order chi connectivity index (χ0) is 15.5. The summed E-state index contributed by atoms with van der Waals surface area (Å²) >= 11 is 0. The van der Waals surface area contributed by atoms with Gasteiger partial charge in [-0.25, -0.2) is 4.98 Å². The van der Waals surface area contributed by atoms with Gasteiger partial charge in [-0.1, -0.05) is 19.3 Å². The third kappa shape index (κ3) is 2.86. The molecule has 0 aliphatic heterocycles. The Morgan fingerprint density at radius 3 is 2.41 bits per heavy atom. The molecule has 6 nitrogen and oxygen atoms in total. The van der Waals surface area contributed by atoms with E-state index in [1.165, 1.54) is 19.3 Å². The highest BCUT2D eigenvalue weighted by Gasteiger charge is 2.16. The summed E-state index contributed by atoms with van der Waals surface area (Å²) in [5.41, 5.74) is 6.84. The second-order valence-electron chi connectivity index (χ2n) is 5.64. The molecule has 0 amide bonds. The number of anilines is 2. The number of nitrogens with zero attached hydrogens (tertiary/aromatic N) is 2. The molecule has 0 radical (unpaired) electrons. The van der Waals surface area contributed by atoms with Gasteiger partial charge in [0.25, 0.3) is 0 Å². The number of rotatable bonds is 4. The maximum Gasteiger partial charge on any atom is 0.225 e. The topological polar surface area (TPSA) is 82.3 Å². The van der Waals surface area contributed by atoms with Gasteiger partial charge in [-0.3, -0.25) is 0 Å². The normalized spacial score (nSPS) is 15.7. The van der Waals surface area contributed by atoms with Crippen LogP contribution in [0.3, 0.4) is 0 Å². The summed E-state index contributed by atoms with van der Waals surface area (Å²) in [5.74, 6) is 2.29. The van der Waals surface area contributed by atoms with E-state index in [2.05, 4.69) is 15.3 Å². The number of hydrogen-bond acceptors (Lipinski definition) is 6. The van der Waals surface area contributed by atoms with Gasteiger partial charge in [0.1, 0.15) is 5.82 Å². The smallest absolute Gasteiger partial charge is 0.225 e. The number of nitrogens with one attached hydrogen (secondary N) is 1. The van der Waals surface area contributed by atoms with Gasteiger partial charge >= 0.3 is 0 Å². The van der Waals surface area contributed by atoms with Gasteiger partial charge in [0, 0.05) is 17.5 Å². The molecule has 0 unspecified atom stereocenters. The molecule has 1 aliphatic carbocycles. The predicted octanol–water partition coefficient (Wildman–Crippen LogP) is 2.97. The maximum absolute atomic E-state index is 6.09. The predicted molar refractivity (Wildman–Crippen MR) is 87.6 cm³/mol. The average Bonchev–Trinajstić information content (AvgIpc) is 2.54. The molecule has 1 saturated carbocycles. The lowest BCUT2D eigenvalue weighted by Crippen LogP contribution is -2.23. The van der Waals surface area contributed by atoms with Crippen molar-refractivity contribution in [3.63, 3.8) is 0 Å². The van der Waals surface area contributed by atoms with Crippen molar-refractivity contribution in [3.8, 4) is 11.5 Å². The van der Waals surface area contributed by atoms with Crippen LogP contribution in [0.4, 0.5) is 11.8 Å². The molecule has 0 atom stereocenters. The highest BCUT2D eigenvalue weighted by Crippen LogP contribution is 2.34. The largest absolute Gasteiger partial charge is 0.493 e. The zero-order valence-electron chi connectivity index (χ0n) is 13.1. The van der Waals surface area contributed by atoms with E-state index in [9.17, 15) is 0 Å². The molecule has 0 spiro atoms. The number of benzene rings is 1. The Kier molecular flexibility index (Phi) is 4.18. The third-order valence-electron chi connectivity index (χ3n) is 4.17. The molecule has 0 saturated heterocycles. The Morgan fingerprint density at radius 1 is 1.05 bits per heavy atom. The number of fused-ring (bicyclic) bond motifs is 1. The zero-order valence-corrected chi connectivity index (χ0v) is 13.1. The van der Waals surface area contributed by atoms with Crippen molar-refractivity contribution in [1.29, 1.82) is 0 Å². The van der Waals surface area contributed by atoms with E-state index in [1.807, 2.05) is 12.1 Å². The number of nitrogens with two attached hydrogens (primary N) is 1. The second kappa shape index (κ2) is 6.25. The minimum Gasteiger partial charge on any atom is -0.493 e. The first-order chi connectivity index (χ1) is 10.7. The van der Waals surface area contributed by atoms with Crippen LogP contribution >= 0.6 is 0 Å². The first-order valence-electron chi connectivity index (χ1n) is 7.67. The molecule has 22 heavy (non-hydrogen) atoms. The lowest BCUT2D eigenvalue weighted by atomic mass is 9.96. The van der Waals surface area contributed by atoms with Crippen LogP contribution in [0.2, 0.25) is 0 Å². The molecular weight excluding hydrogens is 280 g/mol. The highest BCUT2D eigenvalue weighted by molar-refractivity contribution is 5.91. The molecule has 1 heterocycles. The number of hydrogen-bond donors (Lipinski definition) is 2. The fourth-order valence-electron chi connectivity index (χ4n) is 2.97.